The quantitative estimate of drug-likeness (QED) is 0.709. The van der Waals surface area contributed by atoms with Crippen molar-refractivity contribution in [2.75, 3.05) is 6.54 Å². The number of amides is 1. The van der Waals surface area contributed by atoms with E-state index in [2.05, 4.69) is 10.6 Å². The predicted molar refractivity (Wildman–Crippen MR) is 75.8 cm³/mol. The molecule has 2 saturated carbocycles. The molecule has 0 aliphatic heterocycles. The minimum absolute atomic E-state index is 0.125. The zero-order valence-corrected chi connectivity index (χ0v) is 12.0. The van der Waals surface area contributed by atoms with Gasteiger partial charge in [-0.3, -0.25) is 4.79 Å². The maximum Gasteiger partial charge on any atom is 0.237 e. The van der Waals surface area contributed by atoms with Crippen LogP contribution in [0.2, 0.25) is 0 Å². The van der Waals surface area contributed by atoms with Crippen LogP contribution in [-0.4, -0.2) is 35.7 Å². The lowest BCUT2D eigenvalue weighted by atomic mass is 9.95. The van der Waals surface area contributed by atoms with Gasteiger partial charge in [-0.15, -0.1) is 0 Å². The number of carbonyl (C=O) groups excluding carboxylic acids is 1. The van der Waals surface area contributed by atoms with E-state index in [1.165, 1.54) is 19.3 Å². The van der Waals surface area contributed by atoms with Crippen molar-refractivity contribution in [3.63, 3.8) is 0 Å². The monoisotopic (exact) mass is 268 g/mol. The van der Waals surface area contributed by atoms with Crippen LogP contribution in [0.5, 0.6) is 0 Å². The molecule has 110 valence electrons. The average Bonchev–Trinajstić information content (AvgIpc) is 2.83. The molecule has 3 N–H and O–H groups in total. The highest BCUT2D eigenvalue weighted by Crippen LogP contribution is 2.24. The Balaban J connectivity index is 1.64. The van der Waals surface area contributed by atoms with Gasteiger partial charge in [-0.2, -0.15) is 0 Å². The van der Waals surface area contributed by atoms with Crippen LogP contribution < -0.4 is 10.6 Å². The normalized spacial score (nSPS) is 30.2. The Bertz CT molecular complexity index is 290. The Kier molecular flexibility index (Phi) is 5.64. The van der Waals surface area contributed by atoms with Crippen LogP contribution in [0.25, 0.3) is 0 Å². The van der Waals surface area contributed by atoms with Gasteiger partial charge in [-0.05, 0) is 51.5 Å². The Morgan fingerprint density at radius 1 is 1.21 bits per heavy atom. The molecule has 1 amide bonds. The number of carbonyl (C=O) groups is 1. The summed E-state index contributed by atoms with van der Waals surface area (Å²) in [5.41, 5.74) is 0. The highest BCUT2D eigenvalue weighted by Gasteiger charge is 2.24. The minimum atomic E-state index is -0.127. The Hall–Kier alpha value is -0.610. The molecule has 3 atom stereocenters. The Morgan fingerprint density at radius 3 is 2.58 bits per heavy atom. The van der Waals surface area contributed by atoms with Crippen LogP contribution in [0.15, 0.2) is 0 Å². The largest absolute Gasteiger partial charge is 0.393 e. The lowest BCUT2D eigenvalue weighted by Crippen LogP contribution is -2.47. The summed E-state index contributed by atoms with van der Waals surface area (Å²) in [6.45, 7) is 2.78. The highest BCUT2D eigenvalue weighted by atomic mass is 16.3. The summed E-state index contributed by atoms with van der Waals surface area (Å²) in [6, 6.07) is 0.262. The van der Waals surface area contributed by atoms with E-state index in [1.807, 2.05) is 6.92 Å². The van der Waals surface area contributed by atoms with E-state index >= 15 is 0 Å². The zero-order chi connectivity index (χ0) is 13.7. The molecule has 4 heteroatoms. The summed E-state index contributed by atoms with van der Waals surface area (Å²) in [5, 5.41) is 15.9. The molecule has 2 rings (SSSR count). The second-order valence-electron chi connectivity index (χ2n) is 6.31. The molecule has 19 heavy (non-hydrogen) atoms. The van der Waals surface area contributed by atoms with Crippen LogP contribution in [0.4, 0.5) is 0 Å². The summed E-state index contributed by atoms with van der Waals surface area (Å²) in [7, 11) is 0. The van der Waals surface area contributed by atoms with Crippen LogP contribution in [0.1, 0.15) is 58.3 Å². The fraction of sp³-hybridized carbons (Fsp3) is 0.933. The predicted octanol–water partition coefficient (Wildman–Crippen LogP) is 1.57. The van der Waals surface area contributed by atoms with Crippen molar-refractivity contribution in [1.29, 1.82) is 0 Å². The van der Waals surface area contributed by atoms with Crippen LogP contribution in [0, 0.1) is 5.92 Å². The topological polar surface area (TPSA) is 61.4 Å². The van der Waals surface area contributed by atoms with Crippen molar-refractivity contribution in [3.05, 3.63) is 0 Å². The van der Waals surface area contributed by atoms with Gasteiger partial charge < -0.3 is 15.7 Å². The third-order valence-corrected chi connectivity index (χ3v) is 4.57. The molecule has 4 nitrogen and oxygen atoms in total. The van der Waals surface area contributed by atoms with Crippen molar-refractivity contribution >= 4 is 5.91 Å². The third-order valence-electron chi connectivity index (χ3n) is 4.57. The van der Waals surface area contributed by atoms with E-state index in [9.17, 15) is 9.90 Å². The molecule has 0 aromatic heterocycles. The van der Waals surface area contributed by atoms with Crippen molar-refractivity contribution in [2.45, 2.75) is 76.5 Å². The van der Waals surface area contributed by atoms with Crippen LogP contribution in [-0.2, 0) is 4.79 Å². The second-order valence-corrected chi connectivity index (χ2v) is 6.31. The van der Waals surface area contributed by atoms with Gasteiger partial charge in [0.15, 0.2) is 0 Å². The number of rotatable bonds is 5. The Morgan fingerprint density at radius 2 is 1.95 bits per heavy atom. The van der Waals surface area contributed by atoms with E-state index < -0.39 is 0 Å². The van der Waals surface area contributed by atoms with Gasteiger partial charge >= 0.3 is 0 Å². The first kappa shape index (κ1) is 14.8. The van der Waals surface area contributed by atoms with Gasteiger partial charge in [0, 0.05) is 6.04 Å². The molecule has 3 unspecified atom stereocenters. The van der Waals surface area contributed by atoms with Crippen molar-refractivity contribution < 1.29 is 9.90 Å². The minimum Gasteiger partial charge on any atom is -0.393 e. The first-order valence-electron chi connectivity index (χ1n) is 7.87. The fourth-order valence-electron chi connectivity index (χ4n) is 3.24. The van der Waals surface area contributed by atoms with Gasteiger partial charge in [0.2, 0.25) is 5.91 Å². The lowest BCUT2D eigenvalue weighted by Gasteiger charge is -2.25. The molecule has 0 heterocycles. The molecule has 0 radical (unpaired) electrons. The summed E-state index contributed by atoms with van der Waals surface area (Å²) in [6.07, 6.45) is 8.80. The molecular formula is C15H28N2O2. The van der Waals surface area contributed by atoms with Crippen LogP contribution in [0.3, 0.4) is 0 Å². The number of aliphatic hydroxyl groups is 1. The molecule has 0 aromatic carbocycles. The van der Waals surface area contributed by atoms with E-state index in [-0.39, 0.29) is 18.1 Å². The number of hydrogen-bond acceptors (Lipinski definition) is 3. The SMILES string of the molecule is CC(NCC1CCC(O)C1)C(=O)NC1CCCCC1. The van der Waals surface area contributed by atoms with E-state index in [0.29, 0.717) is 12.0 Å². The first-order chi connectivity index (χ1) is 9.15. The molecular weight excluding hydrogens is 240 g/mol. The van der Waals surface area contributed by atoms with Gasteiger partial charge in [-0.1, -0.05) is 19.3 Å². The second kappa shape index (κ2) is 7.25. The molecule has 0 aromatic rings. The molecule has 0 saturated heterocycles. The number of nitrogens with one attached hydrogen (secondary N) is 2. The van der Waals surface area contributed by atoms with E-state index in [1.54, 1.807) is 0 Å². The Labute approximate surface area is 116 Å². The molecule has 2 fully saturated rings. The standard InChI is InChI=1S/C15H28N2O2/c1-11(16-10-12-7-8-14(18)9-12)15(19)17-13-5-3-2-4-6-13/h11-14,16,18H,2-10H2,1H3,(H,17,19). The lowest BCUT2D eigenvalue weighted by molar-refractivity contribution is -0.123. The van der Waals surface area contributed by atoms with E-state index in [4.69, 9.17) is 0 Å². The maximum atomic E-state index is 12.1. The first-order valence-corrected chi connectivity index (χ1v) is 7.87. The van der Waals surface area contributed by atoms with Gasteiger partial charge in [-0.25, -0.2) is 0 Å². The molecule has 2 aliphatic carbocycles. The fourth-order valence-corrected chi connectivity index (χ4v) is 3.24. The molecule has 0 bridgehead atoms. The smallest absolute Gasteiger partial charge is 0.237 e. The van der Waals surface area contributed by atoms with Crippen molar-refractivity contribution in [1.82, 2.24) is 10.6 Å². The number of aliphatic hydroxyl groups excluding tert-OH is 1. The average molecular weight is 268 g/mol. The van der Waals surface area contributed by atoms with Crippen LogP contribution >= 0.6 is 0 Å². The van der Waals surface area contributed by atoms with Crippen molar-refractivity contribution in [3.8, 4) is 0 Å². The molecule has 2 aliphatic rings. The van der Waals surface area contributed by atoms with Gasteiger partial charge in [0.25, 0.3) is 0 Å². The number of hydrogen-bond donors (Lipinski definition) is 3. The molecule has 0 spiro atoms. The summed E-state index contributed by atoms with van der Waals surface area (Å²) in [4.78, 5) is 12.1. The van der Waals surface area contributed by atoms with Gasteiger partial charge in [0.05, 0.1) is 12.1 Å². The maximum absolute atomic E-state index is 12.1. The highest BCUT2D eigenvalue weighted by molar-refractivity contribution is 5.81. The summed E-state index contributed by atoms with van der Waals surface area (Å²) in [5.74, 6) is 0.658. The van der Waals surface area contributed by atoms with Gasteiger partial charge in [0.1, 0.15) is 0 Å². The van der Waals surface area contributed by atoms with Crippen molar-refractivity contribution in [2.24, 2.45) is 5.92 Å². The zero-order valence-electron chi connectivity index (χ0n) is 12.0. The summed E-state index contributed by atoms with van der Waals surface area (Å²) >= 11 is 0. The third kappa shape index (κ3) is 4.77. The summed E-state index contributed by atoms with van der Waals surface area (Å²) < 4.78 is 0. The van der Waals surface area contributed by atoms with E-state index in [0.717, 1.165) is 38.6 Å².